The molecule has 0 aliphatic heterocycles. The average Bonchev–Trinajstić information content (AvgIpc) is 3.10. The molecule has 0 bridgehead atoms. The van der Waals surface area contributed by atoms with Gasteiger partial charge in [0.05, 0.1) is 5.56 Å². The van der Waals surface area contributed by atoms with Gasteiger partial charge in [0, 0.05) is 27.6 Å². The number of hydrogen-bond acceptors (Lipinski definition) is 4. The number of aromatic amines is 1. The third-order valence-electron chi connectivity index (χ3n) is 3.93. The monoisotopic (exact) mass is 350 g/mol. The van der Waals surface area contributed by atoms with Gasteiger partial charge in [0.1, 0.15) is 5.69 Å². The molecule has 2 aromatic heterocycles. The van der Waals surface area contributed by atoms with Crippen molar-refractivity contribution >= 4 is 28.8 Å². The van der Waals surface area contributed by atoms with Crippen LogP contribution in [0.2, 0.25) is 5.02 Å². The number of benzene rings is 2. The lowest BCUT2D eigenvalue weighted by atomic mass is 9.95. The minimum atomic E-state index is -0.331. The van der Waals surface area contributed by atoms with Gasteiger partial charge >= 0.3 is 0 Å². The number of aldehydes is 1. The molecule has 25 heavy (non-hydrogen) atoms. The van der Waals surface area contributed by atoms with Gasteiger partial charge in [-0.15, -0.1) is 0 Å². The minimum absolute atomic E-state index is 0.125. The average molecular weight is 351 g/mol. The van der Waals surface area contributed by atoms with Gasteiger partial charge in [-0.25, -0.2) is 0 Å². The van der Waals surface area contributed by atoms with Gasteiger partial charge in [0.25, 0.3) is 5.56 Å². The Labute approximate surface area is 146 Å². The van der Waals surface area contributed by atoms with Crippen LogP contribution in [-0.2, 0) is 0 Å². The Kier molecular flexibility index (Phi) is 3.71. The van der Waals surface area contributed by atoms with Crippen molar-refractivity contribution in [3.05, 3.63) is 75.7 Å². The minimum Gasteiger partial charge on any atom is -0.355 e. The zero-order valence-corrected chi connectivity index (χ0v) is 13.6. The third kappa shape index (κ3) is 2.64. The number of nitrogens with one attached hydrogen (secondary N) is 1. The summed E-state index contributed by atoms with van der Waals surface area (Å²) >= 11 is 6.17. The number of pyridine rings is 1. The van der Waals surface area contributed by atoms with Gasteiger partial charge in [-0.1, -0.05) is 47.1 Å². The first-order valence-corrected chi connectivity index (χ1v) is 7.88. The lowest BCUT2D eigenvalue weighted by molar-refractivity contribution is 0.111. The Hall–Kier alpha value is -3.18. The van der Waals surface area contributed by atoms with E-state index in [9.17, 15) is 9.59 Å². The van der Waals surface area contributed by atoms with Gasteiger partial charge in [0.15, 0.2) is 12.0 Å². The summed E-state index contributed by atoms with van der Waals surface area (Å²) in [4.78, 5) is 26.5. The van der Waals surface area contributed by atoms with Gasteiger partial charge in [-0.3, -0.25) is 9.59 Å². The van der Waals surface area contributed by atoms with Crippen molar-refractivity contribution in [1.82, 2.24) is 10.1 Å². The molecule has 0 fully saturated rings. The number of carbonyl (C=O) groups is 1. The standard InChI is InChI=1S/C19H11ClN2O3/c20-12-6-7-15-14(8-12)17(11-4-2-1-3-5-11)18(19(24)21-15)16-9-13(10-23)22-25-16/h1-10H,(H,21,24). The van der Waals surface area contributed by atoms with Crippen LogP contribution in [0.3, 0.4) is 0 Å². The third-order valence-corrected chi connectivity index (χ3v) is 4.17. The van der Waals surface area contributed by atoms with E-state index in [1.165, 1.54) is 6.07 Å². The maximum atomic E-state index is 12.7. The molecule has 0 aliphatic carbocycles. The van der Waals surface area contributed by atoms with Gasteiger partial charge in [-0.2, -0.15) is 0 Å². The molecule has 4 rings (SSSR count). The summed E-state index contributed by atoms with van der Waals surface area (Å²) < 4.78 is 5.23. The first kappa shape index (κ1) is 15.4. The van der Waals surface area contributed by atoms with Crippen molar-refractivity contribution < 1.29 is 9.32 Å². The van der Waals surface area contributed by atoms with Crippen LogP contribution in [0.5, 0.6) is 0 Å². The molecule has 0 saturated carbocycles. The van der Waals surface area contributed by atoms with Gasteiger partial charge < -0.3 is 9.51 Å². The number of fused-ring (bicyclic) bond motifs is 1. The summed E-state index contributed by atoms with van der Waals surface area (Å²) in [5, 5.41) is 4.99. The Morgan fingerprint density at radius 2 is 1.84 bits per heavy atom. The molecule has 4 aromatic rings. The first-order chi connectivity index (χ1) is 12.2. The predicted molar refractivity (Wildman–Crippen MR) is 95.9 cm³/mol. The number of aromatic nitrogens is 2. The highest BCUT2D eigenvalue weighted by Crippen LogP contribution is 2.36. The van der Waals surface area contributed by atoms with E-state index in [0.29, 0.717) is 28.0 Å². The second kappa shape index (κ2) is 6.03. The number of H-pyrrole nitrogens is 1. The second-order valence-electron chi connectivity index (χ2n) is 5.49. The van der Waals surface area contributed by atoms with Crippen LogP contribution in [0.1, 0.15) is 10.5 Å². The maximum absolute atomic E-state index is 12.7. The van der Waals surface area contributed by atoms with E-state index in [1.807, 2.05) is 30.3 Å². The summed E-state index contributed by atoms with van der Waals surface area (Å²) in [5.74, 6) is 0.226. The summed E-state index contributed by atoms with van der Waals surface area (Å²) in [6.45, 7) is 0. The topological polar surface area (TPSA) is 76.0 Å². The molecule has 6 heteroatoms. The van der Waals surface area contributed by atoms with Crippen LogP contribution in [0, 0.1) is 0 Å². The molecule has 0 radical (unpaired) electrons. The zero-order valence-electron chi connectivity index (χ0n) is 12.8. The highest BCUT2D eigenvalue weighted by atomic mass is 35.5. The van der Waals surface area contributed by atoms with Crippen LogP contribution in [0.4, 0.5) is 0 Å². The Bertz CT molecular complexity index is 1150. The van der Waals surface area contributed by atoms with Crippen molar-refractivity contribution in [3.63, 3.8) is 0 Å². The highest BCUT2D eigenvalue weighted by molar-refractivity contribution is 6.31. The maximum Gasteiger partial charge on any atom is 0.260 e. The van der Waals surface area contributed by atoms with Gasteiger partial charge in [0.2, 0.25) is 0 Å². The summed E-state index contributed by atoms with van der Waals surface area (Å²) in [7, 11) is 0. The van der Waals surface area contributed by atoms with E-state index in [1.54, 1.807) is 18.2 Å². The van der Waals surface area contributed by atoms with Crippen molar-refractivity contribution in [2.24, 2.45) is 0 Å². The fourth-order valence-electron chi connectivity index (χ4n) is 2.87. The van der Waals surface area contributed by atoms with Crippen molar-refractivity contribution in [2.45, 2.75) is 0 Å². The molecular formula is C19H11ClN2O3. The lowest BCUT2D eigenvalue weighted by Gasteiger charge is -2.11. The number of hydrogen-bond donors (Lipinski definition) is 1. The fraction of sp³-hybridized carbons (Fsp3) is 0. The molecule has 0 atom stereocenters. The van der Waals surface area contributed by atoms with Crippen LogP contribution >= 0.6 is 11.6 Å². The summed E-state index contributed by atoms with van der Waals surface area (Å²) in [5.41, 5.74) is 2.27. The number of nitrogens with zero attached hydrogens (tertiary/aromatic N) is 1. The highest BCUT2D eigenvalue weighted by Gasteiger charge is 2.20. The van der Waals surface area contributed by atoms with Crippen molar-refractivity contribution in [2.75, 3.05) is 0 Å². The van der Waals surface area contributed by atoms with Crippen LogP contribution in [-0.4, -0.2) is 16.4 Å². The molecule has 5 nitrogen and oxygen atoms in total. The smallest absolute Gasteiger partial charge is 0.260 e. The number of carbonyl (C=O) groups excluding carboxylic acids is 1. The molecule has 0 saturated heterocycles. The van der Waals surface area contributed by atoms with Crippen LogP contribution < -0.4 is 5.56 Å². The number of rotatable bonds is 3. The van der Waals surface area contributed by atoms with Gasteiger partial charge in [-0.05, 0) is 23.8 Å². The quantitative estimate of drug-likeness (QED) is 0.558. The fourth-order valence-corrected chi connectivity index (χ4v) is 3.04. The zero-order chi connectivity index (χ0) is 17.4. The van der Waals surface area contributed by atoms with E-state index in [0.717, 1.165) is 10.9 Å². The molecule has 1 N–H and O–H groups in total. The van der Waals surface area contributed by atoms with Crippen molar-refractivity contribution in [1.29, 1.82) is 0 Å². The molecule has 2 heterocycles. The molecule has 0 spiro atoms. The molecule has 2 aromatic carbocycles. The van der Waals surface area contributed by atoms with E-state index in [2.05, 4.69) is 10.1 Å². The largest absolute Gasteiger partial charge is 0.355 e. The molecule has 0 aliphatic rings. The SMILES string of the molecule is O=Cc1cc(-c2c(-c3ccccc3)c3cc(Cl)ccc3[nH]c2=O)on1. The van der Waals surface area contributed by atoms with Crippen molar-refractivity contribution in [3.8, 4) is 22.5 Å². The molecule has 0 amide bonds. The Morgan fingerprint density at radius 1 is 1.04 bits per heavy atom. The summed E-state index contributed by atoms with van der Waals surface area (Å²) in [6, 6.07) is 16.2. The molecule has 0 unspecified atom stereocenters. The van der Waals surface area contributed by atoms with E-state index < -0.39 is 0 Å². The molecule has 122 valence electrons. The lowest BCUT2D eigenvalue weighted by Crippen LogP contribution is -2.11. The Morgan fingerprint density at radius 3 is 2.56 bits per heavy atom. The summed E-state index contributed by atoms with van der Waals surface area (Å²) in [6.07, 6.45) is 0.571. The second-order valence-corrected chi connectivity index (χ2v) is 5.93. The molecular weight excluding hydrogens is 340 g/mol. The van der Waals surface area contributed by atoms with E-state index >= 15 is 0 Å². The van der Waals surface area contributed by atoms with E-state index in [-0.39, 0.29) is 17.0 Å². The number of halogens is 1. The predicted octanol–water partition coefficient (Wildman–Crippen LogP) is 4.32. The van der Waals surface area contributed by atoms with Crippen LogP contribution in [0.15, 0.2) is 63.9 Å². The normalized spacial score (nSPS) is 10.9. The van der Waals surface area contributed by atoms with E-state index in [4.69, 9.17) is 16.1 Å². The van der Waals surface area contributed by atoms with Crippen LogP contribution in [0.25, 0.3) is 33.4 Å². The Balaban J connectivity index is 2.16. The first-order valence-electron chi connectivity index (χ1n) is 7.50.